The lowest BCUT2D eigenvalue weighted by molar-refractivity contribution is -0.137. The first kappa shape index (κ1) is 11.7. The second-order valence-corrected chi connectivity index (χ2v) is 4.19. The molecule has 2 aromatic rings. The highest BCUT2D eigenvalue weighted by molar-refractivity contribution is 6.33. The lowest BCUT2D eigenvalue weighted by Gasteiger charge is -1.98. The van der Waals surface area contributed by atoms with Gasteiger partial charge in [-0.1, -0.05) is 41.4 Å². The summed E-state index contributed by atoms with van der Waals surface area (Å²) in [6, 6.07) is 7.74. The fraction of sp³-hybridized carbons (Fsp3) is 0.167. The minimum atomic E-state index is -0.945. The molecule has 0 radical (unpaired) electrons. The minimum absolute atomic E-state index is 0.189. The number of benzene rings is 1. The lowest BCUT2D eigenvalue weighted by Crippen LogP contribution is -2.08. The largest absolute Gasteiger partial charge is 0.480 e. The fourth-order valence-electron chi connectivity index (χ4n) is 1.52. The molecule has 0 amide bonds. The molecule has 0 bridgehead atoms. The molecule has 0 saturated heterocycles. The second-order valence-electron chi connectivity index (χ2n) is 3.78. The quantitative estimate of drug-likeness (QED) is 0.911. The van der Waals surface area contributed by atoms with Crippen LogP contribution in [0.25, 0.3) is 11.3 Å². The Labute approximate surface area is 103 Å². The van der Waals surface area contributed by atoms with E-state index < -0.39 is 5.97 Å². The normalized spacial score (nSPS) is 10.5. The number of hydrogen-bond acceptors (Lipinski definition) is 2. The Morgan fingerprint density at radius 3 is 2.65 bits per heavy atom. The van der Waals surface area contributed by atoms with Gasteiger partial charge in [-0.05, 0) is 6.92 Å². The molecule has 0 aliphatic heterocycles. The first-order chi connectivity index (χ1) is 8.06. The van der Waals surface area contributed by atoms with Crippen LogP contribution in [0.15, 0.2) is 30.5 Å². The number of aryl methyl sites for hydroxylation is 1. The number of aliphatic carboxylic acids is 1. The van der Waals surface area contributed by atoms with Crippen molar-refractivity contribution in [1.82, 2.24) is 9.78 Å². The van der Waals surface area contributed by atoms with E-state index in [2.05, 4.69) is 5.10 Å². The van der Waals surface area contributed by atoms with E-state index in [1.54, 1.807) is 0 Å². The Balaban J connectivity index is 2.35. The molecule has 0 unspecified atom stereocenters. The zero-order valence-corrected chi connectivity index (χ0v) is 9.98. The van der Waals surface area contributed by atoms with Crippen LogP contribution in [0, 0.1) is 6.92 Å². The summed E-state index contributed by atoms with van der Waals surface area (Å²) in [4.78, 5) is 10.6. The van der Waals surface area contributed by atoms with Gasteiger partial charge < -0.3 is 5.11 Å². The summed E-state index contributed by atoms with van der Waals surface area (Å²) in [6.45, 7) is 1.81. The topological polar surface area (TPSA) is 55.1 Å². The molecule has 0 aliphatic carbocycles. The summed E-state index contributed by atoms with van der Waals surface area (Å²) in [5.41, 5.74) is 2.63. The van der Waals surface area contributed by atoms with E-state index in [1.165, 1.54) is 10.9 Å². The van der Waals surface area contributed by atoms with Gasteiger partial charge in [0.25, 0.3) is 0 Å². The van der Waals surface area contributed by atoms with Gasteiger partial charge in [-0.2, -0.15) is 5.10 Å². The lowest BCUT2D eigenvalue weighted by atomic mass is 10.1. The first-order valence-electron chi connectivity index (χ1n) is 5.08. The van der Waals surface area contributed by atoms with Crippen LogP contribution >= 0.6 is 11.6 Å². The average molecular weight is 251 g/mol. The van der Waals surface area contributed by atoms with Crippen molar-refractivity contribution in [2.24, 2.45) is 0 Å². The van der Waals surface area contributed by atoms with Crippen molar-refractivity contribution in [3.63, 3.8) is 0 Å². The van der Waals surface area contributed by atoms with Crippen LogP contribution in [0.1, 0.15) is 5.56 Å². The van der Waals surface area contributed by atoms with Gasteiger partial charge in [-0.25, -0.2) is 0 Å². The summed E-state index contributed by atoms with van der Waals surface area (Å²) < 4.78 is 1.32. The van der Waals surface area contributed by atoms with E-state index in [9.17, 15) is 4.79 Å². The molecule has 0 fully saturated rings. The maximum Gasteiger partial charge on any atom is 0.325 e. The van der Waals surface area contributed by atoms with Crippen LogP contribution in [-0.2, 0) is 11.3 Å². The molecule has 88 valence electrons. The average Bonchev–Trinajstić information content (AvgIpc) is 2.59. The van der Waals surface area contributed by atoms with Crippen molar-refractivity contribution in [2.45, 2.75) is 13.5 Å². The first-order valence-corrected chi connectivity index (χ1v) is 5.46. The Morgan fingerprint density at radius 2 is 2.06 bits per heavy atom. The van der Waals surface area contributed by atoms with Crippen molar-refractivity contribution >= 4 is 17.6 Å². The van der Waals surface area contributed by atoms with Crippen molar-refractivity contribution in [2.75, 3.05) is 0 Å². The van der Waals surface area contributed by atoms with Crippen LogP contribution < -0.4 is 0 Å². The van der Waals surface area contributed by atoms with E-state index in [4.69, 9.17) is 16.7 Å². The van der Waals surface area contributed by atoms with E-state index in [-0.39, 0.29) is 6.54 Å². The number of carboxylic acids is 1. The third kappa shape index (κ3) is 2.65. The Kier molecular flexibility index (Phi) is 3.15. The predicted octanol–water partition coefficient (Wildman–Crippen LogP) is 2.60. The molecule has 0 saturated carbocycles. The van der Waals surface area contributed by atoms with Crippen molar-refractivity contribution in [1.29, 1.82) is 0 Å². The molecule has 1 N–H and O–H groups in total. The van der Waals surface area contributed by atoms with Crippen LogP contribution in [-0.4, -0.2) is 20.9 Å². The van der Waals surface area contributed by atoms with Crippen molar-refractivity contribution < 1.29 is 9.90 Å². The van der Waals surface area contributed by atoms with Gasteiger partial charge in [-0.15, -0.1) is 0 Å². The molecule has 0 aliphatic rings. The number of aromatic nitrogens is 2. The van der Waals surface area contributed by atoms with Crippen LogP contribution in [0.5, 0.6) is 0 Å². The van der Waals surface area contributed by atoms with E-state index >= 15 is 0 Å². The minimum Gasteiger partial charge on any atom is -0.480 e. The molecule has 1 aromatic carbocycles. The molecule has 0 atom stereocenters. The fourth-order valence-corrected chi connectivity index (χ4v) is 1.78. The third-order valence-electron chi connectivity index (χ3n) is 2.34. The standard InChI is InChI=1S/C12H11ClN2O2/c1-8-2-4-9(5-3-8)12-10(13)6-15(14-12)7-11(16)17/h2-6H,7H2,1H3,(H,16,17). The van der Waals surface area contributed by atoms with E-state index in [0.29, 0.717) is 10.7 Å². The number of halogens is 1. The van der Waals surface area contributed by atoms with E-state index in [0.717, 1.165) is 11.1 Å². The van der Waals surface area contributed by atoms with Gasteiger partial charge in [0.2, 0.25) is 0 Å². The maximum absolute atomic E-state index is 10.6. The molecule has 2 rings (SSSR count). The highest BCUT2D eigenvalue weighted by Crippen LogP contribution is 2.26. The van der Waals surface area contributed by atoms with Crippen LogP contribution in [0.2, 0.25) is 5.02 Å². The number of carbonyl (C=O) groups is 1. The third-order valence-corrected chi connectivity index (χ3v) is 2.62. The summed E-state index contributed by atoms with van der Waals surface area (Å²) in [6.07, 6.45) is 1.52. The SMILES string of the molecule is Cc1ccc(-c2nn(CC(=O)O)cc2Cl)cc1. The summed E-state index contributed by atoms with van der Waals surface area (Å²) in [7, 11) is 0. The highest BCUT2D eigenvalue weighted by atomic mass is 35.5. The number of rotatable bonds is 3. The molecule has 1 heterocycles. The summed E-state index contributed by atoms with van der Waals surface area (Å²) in [5.74, 6) is -0.945. The number of nitrogens with zero attached hydrogens (tertiary/aromatic N) is 2. The van der Waals surface area contributed by atoms with Gasteiger partial charge >= 0.3 is 5.97 Å². The molecule has 4 nitrogen and oxygen atoms in total. The maximum atomic E-state index is 10.6. The zero-order valence-electron chi connectivity index (χ0n) is 9.22. The monoisotopic (exact) mass is 250 g/mol. The van der Waals surface area contributed by atoms with Crippen molar-refractivity contribution in [3.05, 3.63) is 41.0 Å². The Morgan fingerprint density at radius 1 is 1.41 bits per heavy atom. The van der Waals surface area contributed by atoms with E-state index in [1.807, 2.05) is 31.2 Å². The predicted molar refractivity (Wildman–Crippen MR) is 65.0 cm³/mol. The molecule has 17 heavy (non-hydrogen) atoms. The van der Waals surface area contributed by atoms with Gasteiger partial charge in [0.15, 0.2) is 0 Å². The van der Waals surface area contributed by atoms with Crippen LogP contribution in [0.3, 0.4) is 0 Å². The zero-order chi connectivity index (χ0) is 12.4. The van der Waals surface area contributed by atoms with Crippen molar-refractivity contribution in [3.8, 4) is 11.3 Å². The van der Waals surface area contributed by atoms with Gasteiger partial charge in [0, 0.05) is 11.8 Å². The molecular weight excluding hydrogens is 240 g/mol. The summed E-state index contributed by atoms with van der Waals surface area (Å²) >= 11 is 6.03. The number of hydrogen-bond donors (Lipinski definition) is 1. The molecule has 0 spiro atoms. The number of carboxylic acid groups (broad SMARTS) is 1. The highest BCUT2D eigenvalue weighted by Gasteiger charge is 2.10. The molecule has 1 aromatic heterocycles. The smallest absolute Gasteiger partial charge is 0.325 e. The molecular formula is C12H11ClN2O2. The second kappa shape index (κ2) is 4.59. The summed E-state index contributed by atoms with van der Waals surface area (Å²) in [5, 5.41) is 13.3. The van der Waals surface area contributed by atoms with Crippen LogP contribution in [0.4, 0.5) is 0 Å². The Bertz CT molecular complexity index is 546. The Hall–Kier alpha value is -1.81. The molecule has 5 heteroatoms. The van der Waals surface area contributed by atoms with Gasteiger partial charge in [-0.3, -0.25) is 9.48 Å². The van der Waals surface area contributed by atoms with Gasteiger partial charge in [0.1, 0.15) is 12.2 Å². The van der Waals surface area contributed by atoms with Gasteiger partial charge in [0.05, 0.1) is 5.02 Å².